The van der Waals surface area contributed by atoms with Gasteiger partial charge >= 0.3 is 12.1 Å². The van der Waals surface area contributed by atoms with Crippen LogP contribution in [0.4, 0.5) is 18.9 Å². The molecule has 1 aromatic carbocycles. The summed E-state index contributed by atoms with van der Waals surface area (Å²) >= 11 is 0. The number of alkyl halides is 3. The van der Waals surface area contributed by atoms with E-state index in [1.54, 1.807) is 24.8 Å². The van der Waals surface area contributed by atoms with Crippen LogP contribution in [0.3, 0.4) is 0 Å². The largest absolute Gasteiger partial charge is 0.493 e. The van der Waals surface area contributed by atoms with Gasteiger partial charge in [0.25, 0.3) is 0 Å². The molecule has 1 aliphatic rings. The Labute approximate surface area is 188 Å². The van der Waals surface area contributed by atoms with Crippen molar-refractivity contribution in [1.82, 2.24) is 19.9 Å². The van der Waals surface area contributed by atoms with Crippen molar-refractivity contribution in [2.45, 2.75) is 32.5 Å². The third-order valence-electron chi connectivity index (χ3n) is 5.64. The summed E-state index contributed by atoms with van der Waals surface area (Å²) in [6.45, 7) is 4.45. The molecule has 2 aromatic heterocycles. The maximum atomic E-state index is 12.6. The van der Waals surface area contributed by atoms with Crippen LogP contribution in [0.5, 0.6) is 11.5 Å². The smallest absolute Gasteiger partial charge is 0.471 e. The number of nitrogens with one attached hydrogen (secondary N) is 1. The number of aromatic nitrogens is 3. The fraction of sp³-hybridized carbons (Fsp3) is 0.409. The Morgan fingerprint density at radius 2 is 1.88 bits per heavy atom. The van der Waals surface area contributed by atoms with Crippen LogP contribution in [0.25, 0.3) is 16.9 Å². The van der Waals surface area contributed by atoms with E-state index in [4.69, 9.17) is 14.5 Å². The Kier molecular flexibility index (Phi) is 5.81. The number of hydrogen-bond donors (Lipinski definition) is 1. The number of fused-ring (bicyclic) bond motifs is 1. The molecule has 0 bridgehead atoms. The first-order valence-electron chi connectivity index (χ1n) is 10.3. The Morgan fingerprint density at radius 3 is 2.55 bits per heavy atom. The Bertz CT molecular complexity index is 1210. The molecule has 0 radical (unpaired) electrons. The maximum absolute atomic E-state index is 12.6. The molecule has 0 aliphatic carbocycles. The zero-order valence-corrected chi connectivity index (χ0v) is 18.7. The van der Waals surface area contributed by atoms with Gasteiger partial charge < -0.3 is 19.7 Å². The predicted octanol–water partition coefficient (Wildman–Crippen LogP) is 3.29. The van der Waals surface area contributed by atoms with E-state index in [0.717, 1.165) is 28.3 Å². The topological polar surface area (TPSA) is 81.0 Å². The summed E-state index contributed by atoms with van der Waals surface area (Å²) in [5.41, 5.74) is 4.41. The minimum Gasteiger partial charge on any atom is -0.493 e. The SMILES string of the molecule is COc1ccc(-c2c(C)nc3c(N4CC[C@@H](NC(=O)C(F)(F)F)C4)cc(C)nn23)cc1OC. The third kappa shape index (κ3) is 4.27. The van der Waals surface area contributed by atoms with Crippen LogP contribution in [-0.4, -0.2) is 60.0 Å². The van der Waals surface area contributed by atoms with Gasteiger partial charge in [-0.2, -0.15) is 18.3 Å². The average Bonchev–Trinajstić information content (AvgIpc) is 3.35. The highest BCUT2D eigenvalue weighted by Gasteiger charge is 2.40. The van der Waals surface area contributed by atoms with Gasteiger partial charge in [0.15, 0.2) is 17.1 Å². The lowest BCUT2D eigenvalue weighted by atomic mass is 10.1. The monoisotopic (exact) mass is 463 g/mol. The fourth-order valence-corrected chi connectivity index (χ4v) is 4.14. The van der Waals surface area contributed by atoms with Gasteiger partial charge in [0.1, 0.15) is 0 Å². The number of amides is 1. The molecular weight excluding hydrogens is 439 g/mol. The molecule has 8 nitrogen and oxygen atoms in total. The van der Waals surface area contributed by atoms with Crippen LogP contribution >= 0.6 is 0 Å². The lowest BCUT2D eigenvalue weighted by molar-refractivity contribution is -0.174. The molecule has 176 valence electrons. The number of carbonyl (C=O) groups excluding carboxylic acids is 1. The van der Waals surface area contributed by atoms with Crippen LogP contribution in [0, 0.1) is 13.8 Å². The Morgan fingerprint density at radius 1 is 1.15 bits per heavy atom. The second-order valence-corrected chi connectivity index (χ2v) is 7.92. The molecule has 3 heterocycles. The van der Waals surface area contributed by atoms with Crippen molar-refractivity contribution < 1.29 is 27.4 Å². The van der Waals surface area contributed by atoms with E-state index in [1.807, 2.05) is 36.9 Å². The van der Waals surface area contributed by atoms with Crippen LogP contribution in [-0.2, 0) is 4.79 Å². The molecule has 1 N–H and O–H groups in total. The van der Waals surface area contributed by atoms with Crippen molar-refractivity contribution in [2.24, 2.45) is 0 Å². The summed E-state index contributed by atoms with van der Waals surface area (Å²) in [7, 11) is 3.12. The van der Waals surface area contributed by atoms with Crippen molar-refractivity contribution >= 4 is 17.2 Å². The molecule has 33 heavy (non-hydrogen) atoms. The molecule has 0 unspecified atom stereocenters. The number of carbonyl (C=O) groups is 1. The number of hydrogen-bond acceptors (Lipinski definition) is 6. The third-order valence-corrected chi connectivity index (χ3v) is 5.64. The lowest BCUT2D eigenvalue weighted by Gasteiger charge is -2.20. The van der Waals surface area contributed by atoms with Gasteiger partial charge in [-0.05, 0) is 44.5 Å². The molecule has 1 fully saturated rings. The van der Waals surface area contributed by atoms with E-state index < -0.39 is 18.1 Å². The zero-order valence-electron chi connectivity index (χ0n) is 18.7. The number of methoxy groups -OCH3 is 2. The van der Waals surface area contributed by atoms with Crippen LogP contribution in [0.15, 0.2) is 24.3 Å². The lowest BCUT2D eigenvalue weighted by Crippen LogP contribution is -2.44. The number of halogens is 3. The van der Waals surface area contributed by atoms with Crippen molar-refractivity contribution in [3.05, 3.63) is 35.7 Å². The van der Waals surface area contributed by atoms with Crippen molar-refractivity contribution in [3.63, 3.8) is 0 Å². The number of rotatable bonds is 5. The van der Waals surface area contributed by atoms with E-state index in [0.29, 0.717) is 30.1 Å². The van der Waals surface area contributed by atoms with Gasteiger partial charge in [-0.15, -0.1) is 0 Å². The van der Waals surface area contributed by atoms with Gasteiger partial charge in [-0.25, -0.2) is 9.50 Å². The number of benzene rings is 1. The van der Waals surface area contributed by atoms with Crippen LogP contribution in [0.2, 0.25) is 0 Å². The molecule has 0 spiro atoms. The number of ether oxygens (including phenoxy) is 2. The molecule has 4 rings (SSSR count). The molecular formula is C22H24F3N5O3. The standard InChI is InChI=1S/C22H24F3N5O3/c1-12-9-16(29-8-7-15(11-29)27-21(31)22(23,24)25)20-26-13(2)19(30(20)28-12)14-5-6-17(32-3)18(10-14)33-4/h5-6,9-10,15H,7-8,11H2,1-4H3,(H,27,31)/t15-/m1/s1. The number of anilines is 1. The zero-order chi connectivity index (χ0) is 23.9. The molecule has 1 saturated heterocycles. The second kappa shape index (κ2) is 8.45. The summed E-state index contributed by atoms with van der Waals surface area (Å²) in [5.74, 6) is -0.751. The number of nitrogens with zero attached hydrogens (tertiary/aromatic N) is 4. The van der Waals surface area contributed by atoms with Crippen LogP contribution in [0.1, 0.15) is 17.8 Å². The normalized spacial score (nSPS) is 16.3. The van der Waals surface area contributed by atoms with E-state index in [2.05, 4.69) is 10.4 Å². The van der Waals surface area contributed by atoms with E-state index in [1.165, 1.54) is 0 Å². The first-order chi connectivity index (χ1) is 15.6. The molecule has 1 atom stereocenters. The highest BCUT2D eigenvalue weighted by Crippen LogP contribution is 2.35. The first kappa shape index (κ1) is 22.7. The van der Waals surface area contributed by atoms with E-state index >= 15 is 0 Å². The average molecular weight is 463 g/mol. The van der Waals surface area contributed by atoms with Gasteiger partial charge in [0.05, 0.1) is 37.0 Å². The van der Waals surface area contributed by atoms with Gasteiger partial charge in [0, 0.05) is 24.7 Å². The maximum Gasteiger partial charge on any atom is 0.471 e. The molecule has 3 aromatic rings. The quantitative estimate of drug-likeness (QED) is 0.626. The highest BCUT2D eigenvalue weighted by atomic mass is 19.4. The Hall–Kier alpha value is -3.50. The summed E-state index contributed by atoms with van der Waals surface area (Å²) in [5, 5.41) is 6.71. The van der Waals surface area contributed by atoms with Crippen molar-refractivity contribution in [2.75, 3.05) is 32.2 Å². The molecule has 11 heteroatoms. The molecule has 1 aliphatic heterocycles. The summed E-state index contributed by atoms with van der Waals surface area (Å²) in [6.07, 6.45) is -4.50. The van der Waals surface area contributed by atoms with E-state index in [9.17, 15) is 18.0 Å². The van der Waals surface area contributed by atoms with Crippen molar-refractivity contribution in [3.8, 4) is 22.8 Å². The van der Waals surface area contributed by atoms with Gasteiger partial charge in [-0.3, -0.25) is 4.79 Å². The second-order valence-electron chi connectivity index (χ2n) is 7.92. The number of imidazole rings is 1. The minimum absolute atomic E-state index is 0.249. The van der Waals surface area contributed by atoms with Crippen LogP contribution < -0.4 is 19.7 Å². The van der Waals surface area contributed by atoms with E-state index in [-0.39, 0.29) is 6.54 Å². The van der Waals surface area contributed by atoms with Crippen molar-refractivity contribution in [1.29, 1.82) is 0 Å². The first-order valence-corrected chi connectivity index (χ1v) is 10.3. The summed E-state index contributed by atoms with van der Waals surface area (Å²) in [4.78, 5) is 18.0. The molecule has 0 saturated carbocycles. The summed E-state index contributed by atoms with van der Waals surface area (Å²) < 4.78 is 50.4. The summed E-state index contributed by atoms with van der Waals surface area (Å²) in [6, 6.07) is 6.79. The molecule has 1 amide bonds. The van der Waals surface area contributed by atoms with Gasteiger partial charge in [0.2, 0.25) is 0 Å². The number of aryl methyl sites for hydroxylation is 2. The fourth-order valence-electron chi connectivity index (χ4n) is 4.14. The Balaban J connectivity index is 1.71. The predicted molar refractivity (Wildman–Crippen MR) is 116 cm³/mol. The van der Waals surface area contributed by atoms with Gasteiger partial charge in [-0.1, -0.05) is 0 Å². The minimum atomic E-state index is -4.90. The highest BCUT2D eigenvalue weighted by molar-refractivity contribution is 5.82.